The maximum Gasteiger partial charge on any atom is 0.240 e. The van der Waals surface area contributed by atoms with Crippen molar-refractivity contribution in [3.63, 3.8) is 0 Å². The van der Waals surface area contributed by atoms with Gasteiger partial charge in [0.15, 0.2) is 0 Å². The lowest BCUT2D eigenvalue weighted by atomic mass is 10.0. The number of methoxy groups -OCH3 is 2. The van der Waals surface area contributed by atoms with Gasteiger partial charge in [-0.25, -0.2) is 4.39 Å². The molecule has 0 radical (unpaired) electrons. The normalized spacial score (nSPS) is 32.5. The molecular formula is C14H25FN2O4. The zero-order valence-electron chi connectivity index (χ0n) is 13.0. The fourth-order valence-corrected chi connectivity index (χ4v) is 3.25. The monoisotopic (exact) mass is 304 g/mol. The summed E-state index contributed by atoms with van der Waals surface area (Å²) >= 11 is 0. The molecule has 4 atom stereocenters. The third-order valence-electron chi connectivity index (χ3n) is 4.32. The van der Waals surface area contributed by atoms with Gasteiger partial charge in [-0.3, -0.25) is 4.79 Å². The minimum absolute atomic E-state index is 0.0333. The van der Waals surface area contributed by atoms with Gasteiger partial charge in [-0.1, -0.05) is 13.8 Å². The molecular weight excluding hydrogens is 279 g/mol. The Hall–Kier alpha value is -0.760. The van der Waals surface area contributed by atoms with Gasteiger partial charge in [0.05, 0.1) is 12.6 Å². The van der Waals surface area contributed by atoms with Crippen molar-refractivity contribution in [2.45, 2.75) is 50.4 Å². The van der Waals surface area contributed by atoms with Crippen molar-refractivity contribution >= 4 is 5.91 Å². The second kappa shape index (κ2) is 6.16. The van der Waals surface area contributed by atoms with Gasteiger partial charge in [-0.2, -0.15) is 0 Å². The van der Waals surface area contributed by atoms with Gasteiger partial charge in [0.25, 0.3) is 0 Å². The van der Waals surface area contributed by atoms with Crippen molar-refractivity contribution in [3.05, 3.63) is 0 Å². The Kier molecular flexibility index (Phi) is 4.87. The molecule has 0 aromatic carbocycles. The lowest BCUT2D eigenvalue weighted by molar-refractivity contribution is -0.227. The first-order valence-electron chi connectivity index (χ1n) is 7.28. The standard InChI is InChI=1S/C14H25FN2O4/c1-8(2)5-10(16)13(18)17-6-9(15)11-12(17)14(19-3,20-4)7-21-11/h8-12H,5-7,16H2,1-4H3/t9-,10?,11+,12-/m0/s1. The Bertz CT molecular complexity index is 389. The van der Waals surface area contributed by atoms with Crippen molar-refractivity contribution in [1.82, 2.24) is 4.90 Å². The van der Waals surface area contributed by atoms with E-state index in [2.05, 4.69) is 0 Å². The molecule has 122 valence electrons. The summed E-state index contributed by atoms with van der Waals surface area (Å²) in [4.78, 5) is 14.0. The maximum atomic E-state index is 14.2. The van der Waals surface area contributed by atoms with E-state index in [1.165, 1.54) is 19.1 Å². The number of amides is 1. The first-order valence-corrected chi connectivity index (χ1v) is 7.28. The van der Waals surface area contributed by atoms with E-state index in [1.807, 2.05) is 13.8 Å². The molecule has 7 heteroatoms. The molecule has 2 aliphatic rings. The molecule has 2 fully saturated rings. The summed E-state index contributed by atoms with van der Waals surface area (Å²) in [7, 11) is 2.94. The van der Waals surface area contributed by atoms with Crippen LogP contribution >= 0.6 is 0 Å². The second-order valence-electron chi connectivity index (χ2n) is 6.18. The number of halogens is 1. The van der Waals surface area contributed by atoms with Crippen LogP contribution in [0.1, 0.15) is 20.3 Å². The van der Waals surface area contributed by atoms with E-state index in [0.29, 0.717) is 6.42 Å². The van der Waals surface area contributed by atoms with Crippen LogP contribution in [-0.2, 0) is 19.0 Å². The van der Waals surface area contributed by atoms with Crippen molar-refractivity contribution < 1.29 is 23.4 Å². The van der Waals surface area contributed by atoms with Crippen molar-refractivity contribution in [2.75, 3.05) is 27.4 Å². The first-order chi connectivity index (χ1) is 9.86. The van der Waals surface area contributed by atoms with E-state index in [4.69, 9.17) is 19.9 Å². The zero-order chi connectivity index (χ0) is 15.8. The highest BCUT2D eigenvalue weighted by atomic mass is 19.1. The fraction of sp³-hybridized carbons (Fsp3) is 0.929. The van der Waals surface area contributed by atoms with Crippen LogP contribution in [0.2, 0.25) is 0 Å². The number of carbonyl (C=O) groups is 1. The largest absolute Gasteiger partial charge is 0.367 e. The summed E-state index contributed by atoms with van der Waals surface area (Å²) in [6, 6.07) is -1.25. The van der Waals surface area contributed by atoms with Crippen LogP contribution in [0.5, 0.6) is 0 Å². The Labute approximate surface area is 124 Å². The van der Waals surface area contributed by atoms with E-state index < -0.39 is 30.1 Å². The van der Waals surface area contributed by atoms with Gasteiger partial charge >= 0.3 is 0 Å². The van der Waals surface area contributed by atoms with E-state index in [0.717, 1.165) is 0 Å². The van der Waals surface area contributed by atoms with E-state index in [-0.39, 0.29) is 25.0 Å². The Morgan fingerprint density at radius 3 is 2.62 bits per heavy atom. The summed E-state index contributed by atoms with van der Waals surface area (Å²) in [5, 5.41) is 0. The number of rotatable bonds is 5. The summed E-state index contributed by atoms with van der Waals surface area (Å²) < 4.78 is 30.4. The molecule has 0 saturated carbocycles. The van der Waals surface area contributed by atoms with Crippen LogP contribution in [0.3, 0.4) is 0 Å². The summed E-state index contributed by atoms with van der Waals surface area (Å²) in [6.45, 7) is 4.05. The topological polar surface area (TPSA) is 74.0 Å². The van der Waals surface area contributed by atoms with E-state index in [9.17, 15) is 9.18 Å². The van der Waals surface area contributed by atoms with Crippen LogP contribution in [0.25, 0.3) is 0 Å². The van der Waals surface area contributed by atoms with E-state index in [1.54, 1.807) is 0 Å². The molecule has 0 aromatic rings. The molecule has 2 aliphatic heterocycles. The van der Waals surface area contributed by atoms with E-state index >= 15 is 0 Å². The molecule has 0 aromatic heterocycles. The zero-order valence-corrected chi connectivity index (χ0v) is 13.0. The SMILES string of the molecule is COC1(OC)CO[C@H]2[C@@H]1N(C(=O)C(N)CC(C)C)C[C@@H]2F. The molecule has 0 bridgehead atoms. The number of nitrogens with zero attached hydrogens (tertiary/aromatic N) is 1. The number of likely N-dealkylation sites (tertiary alicyclic amines) is 1. The van der Waals surface area contributed by atoms with Crippen LogP contribution in [0.4, 0.5) is 4.39 Å². The predicted octanol–water partition coefficient (Wildman–Crippen LogP) is 0.297. The number of hydrogen-bond acceptors (Lipinski definition) is 5. The molecule has 21 heavy (non-hydrogen) atoms. The number of hydrogen-bond donors (Lipinski definition) is 1. The number of nitrogens with two attached hydrogens (primary N) is 1. The summed E-state index contributed by atoms with van der Waals surface area (Å²) in [5.41, 5.74) is 5.96. The molecule has 1 unspecified atom stereocenters. The van der Waals surface area contributed by atoms with Gasteiger partial charge in [0.1, 0.15) is 24.9 Å². The maximum absolute atomic E-state index is 14.2. The van der Waals surface area contributed by atoms with Gasteiger partial charge in [0, 0.05) is 14.2 Å². The molecule has 2 saturated heterocycles. The summed E-state index contributed by atoms with van der Waals surface area (Å²) in [6.07, 6.45) is -1.42. The third-order valence-corrected chi connectivity index (χ3v) is 4.32. The summed E-state index contributed by atoms with van der Waals surface area (Å²) in [5.74, 6) is -1.11. The Balaban J connectivity index is 2.21. The van der Waals surface area contributed by atoms with Crippen molar-refractivity contribution in [1.29, 1.82) is 0 Å². The average Bonchev–Trinajstić information content (AvgIpc) is 2.97. The first kappa shape index (κ1) is 16.6. The minimum Gasteiger partial charge on any atom is -0.367 e. The Morgan fingerprint density at radius 2 is 2.10 bits per heavy atom. The molecule has 1 amide bonds. The Morgan fingerprint density at radius 1 is 1.48 bits per heavy atom. The van der Waals surface area contributed by atoms with Gasteiger partial charge in [-0.15, -0.1) is 0 Å². The van der Waals surface area contributed by atoms with Crippen LogP contribution < -0.4 is 5.73 Å². The highest BCUT2D eigenvalue weighted by Gasteiger charge is 2.62. The molecule has 2 N–H and O–H groups in total. The van der Waals surface area contributed by atoms with Gasteiger partial charge in [-0.05, 0) is 12.3 Å². The van der Waals surface area contributed by atoms with Crippen molar-refractivity contribution in [2.24, 2.45) is 11.7 Å². The van der Waals surface area contributed by atoms with Gasteiger partial charge in [0.2, 0.25) is 11.7 Å². The van der Waals surface area contributed by atoms with Crippen LogP contribution in [0.15, 0.2) is 0 Å². The average molecular weight is 304 g/mol. The molecule has 6 nitrogen and oxygen atoms in total. The fourth-order valence-electron chi connectivity index (χ4n) is 3.25. The highest BCUT2D eigenvalue weighted by Crippen LogP contribution is 2.40. The molecule has 2 heterocycles. The molecule has 0 spiro atoms. The number of alkyl halides is 1. The molecule has 0 aliphatic carbocycles. The quantitative estimate of drug-likeness (QED) is 0.739. The highest BCUT2D eigenvalue weighted by molar-refractivity contribution is 5.82. The lowest BCUT2D eigenvalue weighted by Crippen LogP contribution is -2.57. The number of fused-ring (bicyclic) bond motifs is 1. The van der Waals surface area contributed by atoms with Gasteiger partial charge < -0.3 is 24.8 Å². The number of ether oxygens (including phenoxy) is 3. The van der Waals surface area contributed by atoms with Crippen LogP contribution in [-0.4, -0.2) is 68.3 Å². The number of carbonyl (C=O) groups excluding carboxylic acids is 1. The third kappa shape index (κ3) is 2.79. The lowest BCUT2D eigenvalue weighted by Gasteiger charge is -2.36. The minimum atomic E-state index is -1.25. The second-order valence-corrected chi connectivity index (χ2v) is 6.18. The molecule has 2 rings (SSSR count). The predicted molar refractivity (Wildman–Crippen MR) is 74.3 cm³/mol. The smallest absolute Gasteiger partial charge is 0.240 e. The van der Waals surface area contributed by atoms with Crippen molar-refractivity contribution in [3.8, 4) is 0 Å². The van der Waals surface area contributed by atoms with Crippen LogP contribution in [0, 0.1) is 5.92 Å².